The maximum Gasteiger partial charge on any atom is 0.293 e. The summed E-state index contributed by atoms with van der Waals surface area (Å²) in [5.74, 6) is 1.95. The fraction of sp³-hybridized carbons (Fsp3) is 0.290. The van der Waals surface area contributed by atoms with Crippen LogP contribution in [0, 0.1) is 10.5 Å². The minimum absolute atomic E-state index is 0.173. The third-order valence-corrected chi connectivity index (χ3v) is 8.12. The van der Waals surface area contributed by atoms with Crippen LogP contribution in [0.4, 0.5) is 4.79 Å². The molecule has 0 N–H and O–H groups in total. The Morgan fingerprint density at radius 1 is 1.00 bits per heavy atom. The number of hydrogen-bond donors (Lipinski definition) is 0. The highest BCUT2D eigenvalue weighted by Gasteiger charge is 2.35. The highest BCUT2D eigenvalue weighted by molar-refractivity contribution is 14.1. The topological polar surface area (TPSA) is 65.1 Å². The van der Waals surface area contributed by atoms with E-state index in [0.29, 0.717) is 40.6 Å². The van der Waals surface area contributed by atoms with Crippen molar-refractivity contribution in [3.63, 3.8) is 0 Å². The van der Waals surface area contributed by atoms with E-state index in [1.807, 2.05) is 56.3 Å². The van der Waals surface area contributed by atoms with Crippen LogP contribution in [0.2, 0.25) is 5.02 Å². The van der Waals surface area contributed by atoms with Crippen molar-refractivity contribution in [2.24, 2.45) is 0 Å². The predicted octanol–water partition coefficient (Wildman–Crippen LogP) is 8.47. The highest BCUT2D eigenvalue weighted by atomic mass is 127. The van der Waals surface area contributed by atoms with Crippen LogP contribution < -0.4 is 14.2 Å². The van der Waals surface area contributed by atoms with E-state index >= 15 is 0 Å². The van der Waals surface area contributed by atoms with Crippen molar-refractivity contribution in [3.05, 3.63) is 90.3 Å². The molecule has 0 atom stereocenters. The number of nitrogens with zero attached hydrogens (tertiary/aromatic N) is 1. The van der Waals surface area contributed by atoms with Gasteiger partial charge >= 0.3 is 0 Å². The van der Waals surface area contributed by atoms with Gasteiger partial charge in [0.25, 0.3) is 11.1 Å². The Hall–Kier alpha value is -2.69. The summed E-state index contributed by atoms with van der Waals surface area (Å²) in [6.45, 7) is 9.32. The summed E-state index contributed by atoms with van der Waals surface area (Å²) in [7, 11) is 0. The van der Waals surface area contributed by atoms with Crippen LogP contribution in [0.5, 0.6) is 17.2 Å². The molecule has 4 rings (SSSR count). The molecular weight excluding hydrogens is 661 g/mol. The molecule has 0 radical (unpaired) electrons. The van der Waals surface area contributed by atoms with Crippen LogP contribution in [-0.2, 0) is 11.4 Å². The minimum Gasteiger partial charge on any atom is -0.491 e. The van der Waals surface area contributed by atoms with Gasteiger partial charge in [-0.2, -0.15) is 0 Å². The molecule has 1 aliphatic rings. The van der Waals surface area contributed by atoms with Crippen molar-refractivity contribution in [1.29, 1.82) is 0 Å². The first-order valence-corrected chi connectivity index (χ1v) is 15.3. The molecule has 40 heavy (non-hydrogen) atoms. The average molecular weight is 692 g/mol. The SMILES string of the molecule is CCOc1cc(/C=C2\SC(=O)N(CCOc3cc(C)ccc3C(C)C)C2=O)cc(I)c1OCc1ccc(Cl)cc1. The Kier molecular flexibility index (Phi) is 10.4. The molecule has 1 fully saturated rings. The first-order valence-electron chi connectivity index (χ1n) is 13.0. The van der Waals surface area contributed by atoms with Gasteiger partial charge in [0, 0.05) is 5.02 Å². The van der Waals surface area contributed by atoms with Gasteiger partial charge < -0.3 is 14.2 Å². The largest absolute Gasteiger partial charge is 0.491 e. The van der Waals surface area contributed by atoms with Crippen LogP contribution in [0.3, 0.4) is 0 Å². The fourth-order valence-corrected chi connectivity index (χ4v) is 5.92. The molecule has 0 spiro atoms. The summed E-state index contributed by atoms with van der Waals surface area (Å²) in [6.07, 6.45) is 1.72. The lowest BCUT2D eigenvalue weighted by Gasteiger charge is -2.17. The fourth-order valence-electron chi connectivity index (χ4n) is 4.15. The molecule has 0 aliphatic carbocycles. The number of carbonyl (C=O) groups excluding carboxylic acids is 2. The Morgan fingerprint density at radius 3 is 2.45 bits per heavy atom. The molecule has 3 aromatic carbocycles. The number of imide groups is 1. The molecular formula is C31H31ClINO5S. The smallest absolute Gasteiger partial charge is 0.293 e. The van der Waals surface area contributed by atoms with Crippen molar-refractivity contribution in [2.75, 3.05) is 19.8 Å². The summed E-state index contributed by atoms with van der Waals surface area (Å²) in [4.78, 5) is 27.4. The molecule has 2 amide bonds. The van der Waals surface area contributed by atoms with Gasteiger partial charge in [-0.15, -0.1) is 0 Å². The molecule has 210 valence electrons. The summed E-state index contributed by atoms with van der Waals surface area (Å²) < 4.78 is 18.8. The van der Waals surface area contributed by atoms with Gasteiger partial charge in [-0.1, -0.05) is 49.7 Å². The summed E-state index contributed by atoms with van der Waals surface area (Å²) in [6, 6.07) is 17.3. The Bertz CT molecular complexity index is 1420. The summed E-state index contributed by atoms with van der Waals surface area (Å²) >= 11 is 9.10. The molecule has 0 saturated carbocycles. The van der Waals surface area contributed by atoms with Crippen molar-refractivity contribution in [2.45, 2.75) is 40.2 Å². The number of rotatable bonds is 11. The standard InChI is InChI=1S/C31H31ClINO5S/c1-5-37-27-16-22(15-25(33)29(27)39-18-21-7-9-23(32)10-8-21)17-28-30(35)34(31(36)40-28)12-13-38-26-14-20(4)6-11-24(26)19(2)3/h6-11,14-17,19H,5,12-13,18H2,1-4H3/b28-17-. The van der Waals surface area contributed by atoms with Crippen LogP contribution in [-0.4, -0.2) is 35.8 Å². The van der Waals surface area contributed by atoms with E-state index in [2.05, 4.69) is 48.6 Å². The van der Waals surface area contributed by atoms with E-state index in [9.17, 15) is 9.59 Å². The van der Waals surface area contributed by atoms with Crippen molar-refractivity contribution >= 4 is 63.2 Å². The number of thioether (sulfide) groups is 1. The van der Waals surface area contributed by atoms with Crippen molar-refractivity contribution in [1.82, 2.24) is 4.90 Å². The van der Waals surface area contributed by atoms with Crippen molar-refractivity contribution < 1.29 is 23.8 Å². The Labute approximate surface area is 258 Å². The van der Waals surface area contributed by atoms with E-state index in [-0.39, 0.29) is 24.3 Å². The van der Waals surface area contributed by atoms with Crippen LogP contribution in [0.25, 0.3) is 6.08 Å². The number of aryl methyl sites for hydroxylation is 1. The van der Waals surface area contributed by atoms with E-state index < -0.39 is 0 Å². The Balaban J connectivity index is 1.46. The molecule has 9 heteroatoms. The zero-order valence-electron chi connectivity index (χ0n) is 22.8. The third-order valence-electron chi connectivity index (χ3n) is 6.16. The lowest BCUT2D eigenvalue weighted by molar-refractivity contribution is -0.123. The zero-order chi connectivity index (χ0) is 28.8. The molecule has 1 heterocycles. The molecule has 0 bridgehead atoms. The van der Waals surface area contributed by atoms with Crippen molar-refractivity contribution in [3.8, 4) is 17.2 Å². The number of benzene rings is 3. The second-order valence-corrected chi connectivity index (χ2v) is 12.1. The molecule has 6 nitrogen and oxygen atoms in total. The highest BCUT2D eigenvalue weighted by Crippen LogP contribution is 2.38. The second kappa shape index (κ2) is 13.8. The molecule has 1 aliphatic heterocycles. The van der Waals surface area contributed by atoms with E-state index in [0.717, 1.165) is 43.3 Å². The van der Waals surface area contributed by atoms with Gasteiger partial charge in [0.1, 0.15) is 19.0 Å². The predicted molar refractivity (Wildman–Crippen MR) is 170 cm³/mol. The van der Waals surface area contributed by atoms with Gasteiger partial charge in [0.05, 0.1) is 21.6 Å². The van der Waals surface area contributed by atoms with E-state index in [1.54, 1.807) is 6.08 Å². The molecule has 0 aromatic heterocycles. The molecule has 3 aromatic rings. The maximum atomic E-state index is 13.1. The lowest BCUT2D eigenvalue weighted by atomic mass is 10.0. The van der Waals surface area contributed by atoms with Gasteiger partial charge in [0.2, 0.25) is 0 Å². The van der Waals surface area contributed by atoms with Crippen LogP contribution in [0.15, 0.2) is 59.5 Å². The van der Waals surface area contributed by atoms with Gasteiger partial charge in [0.15, 0.2) is 11.5 Å². The number of amides is 2. The summed E-state index contributed by atoms with van der Waals surface area (Å²) in [5.41, 5.74) is 3.91. The number of ether oxygens (including phenoxy) is 3. The first-order chi connectivity index (χ1) is 19.2. The van der Waals surface area contributed by atoms with Gasteiger partial charge in [-0.05, 0) is 113 Å². The second-order valence-electron chi connectivity index (χ2n) is 9.56. The molecule has 0 unspecified atom stereocenters. The lowest BCUT2D eigenvalue weighted by Crippen LogP contribution is -2.32. The van der Waals surface area contributed by atoms with E-state index in [4.69, 9.17) is 25.8 Å². The third kappa shape index (κ3) is 7.53. The number of carbonyl (C=O) groups is 2. The number of hydrogen-bond acceptors (Lipinski definition) is 6. The molecule has 1 saturated heterocycles. The first kappa shape index (κ1) is 30.3. The normalized spacial score (nSPS) is 14.4. The quantitative estimate of drug-likeness (QED) is 0.149. The van der Waals surface area contributed by atoms with E-state index in [1.165, 1.54) is 4.90 Å². The number of halogens is 2. The maximum absolute atomic E-state index is 13.1. The van der Waals surface area contributed by atoms with Gasteiger partial charge in [-0.25, -0.2) is 0 Å². The Morgan fingerprint density at radius 2 is 1.75 bits per heavy atom. The summed E-state index contributed by atoms with van der Waals surface area (Å²) in [5, 5.41) is 0.358. The minimum atomic E-state index is -0.331. The monoisotopic (exact) mass is 691 g/mol. The zero-order valence-corrected chi connectivity index (χ0v) is 26.6. The van der Waals surface area contributed by atoms with Crippen LogP contribution in [0.1, 0.15) is 48.9 Å². The average Bonchev–Trinajstić information content (AvgIpc) is 3.16. The van der Waals surface area contributed by atoms with Gasteiger partial charge in [-0.3, -0.25) is 14.5 Å². The van der Waals surface area contributed by atoms with Crippen LogP contribution >= 0.6 is 46.0 Å².